The molecule has 3 aromatic rings. The Hall–Kier alpha value is -2.36. The van der Waals surface area contributed by atoms with Crippen molar-refractivity contribution in [2.24, 2.45) is 0 Å². The van der Waals surface area contributed by atoms with Gasteiger partial charge in [-0.1, -0.05) is 22.9 Å². The van der Waals surface area contributed by atoms with E-state index in [1.807, 2.05) is 4.90 Å². The normalized spacial score (nSPS) is 15.2. The van der Waals surface area contributed by atoms with Crippen LogP contribution in [0.25, 0.3) is 10.2 Å². The summed E-state index contributed by atoms with van der Waals surface area (Å²) in [5.74, 6) is 0.517. The van der Waals surface area contributed by atoms with Crippen LogP contribution in [-0.2, 0) is 14.6 Å². The summed E-state index contributed by atoms with van der Waals surface area (Å²) in [6, 6.07) is 11.9. The van der Waals surface area contributed by atoms with Gasteiger partial charge < -0.3 is 14.5 Å². The number of thiazole rings is 1. The first-order valence-corrected chi connectivity index (χ1v) is 13.2. The summed E-state index contributed by atoms with van der Waals surface area (Å²) in [5.41, 5.74) is -0.234. The van der Waals surface area contributed by atoms with E-state index < -0.39 is 15.4 Å². The molecule has 1 aliphatic heterocycles. The number of ether oxygens (including phenoxy) is 1. The van der Waals surface area contributed by atoms with Gasteiger partial charge in [0.1, 0.15) is 5.75 Å². The van der Waals surface area contributed by atoms with Gasteiger partial charge in [0.15, 0.2) is 20.6 Å². The number of nitrogens with zero attached hydrogens (tertiary/aromatic N) is 3. The number of sulfone groups is 1. The number of aromatic nitrogens is 1. The molecule has 170 valence electrons. The minimum Gasteiger partial charge on any atom is -0.478 e. The molecule has 2 aromatic carbocycles. The van der Waals surface area contributed by atoms with Crippen molar-refractivity contribution in [3.8, 4) is 5.75 Å². The van der Waals surface area contributed by atoms with Crippen molar-refractivity contribution in [3.05, 3.63) is 47.5 Å². The van der Waals surface area contributed by atoms with Crippen LogP contribution in [0.15, 0.2) is 47.4 Å². The molecule has 0 aliphatic carbocycles. The Morgan fingerprint density at radius 1 is 1.09 bits per heavy atom. The number of carbonyl (C=O) groups is 1. The fourth-order valence-electron chi connectivity index (χ4n) is 3.58. The Bertz CT molecular complexity index is 1250. The molecule has 1 saturated heterocycles. The summed E-state index contributed by atoms with van der Waals surface area (Å²) in [5, 5.41) is 1.44. The van der Waals surface area contributed by atoms with Crippen LogP contribution in [0.2, 0.25) is 5.02 Å². The highest BCUT2D eigenvalue weighted by molar-refractivity contribution is 7.90. The van der Waals surface area contributed by atoms with Gasteiger partial charge in [-0.05, 0) is 56.3 Å². The quantitative estimate of drug-likeness (QED) is 0.537. The summed E-state index contributed by atoms with van der Waals surface area (Å²) in [6.45, 7) is 5.92. The first kappa shape index (κ1) is 22.8. The van der Waals surface area contributed by atoms with E-state index in [2.05, 4.69) is 9.88 Å². The fraction of sp³-hybridized carbons (Fsp3) is 0.364. The summed E-state index contributed by atoms with van der Waals surface area (Å²) >= 11 is 7.38. The van der Waals surface area contributed by atoms with E-state index in [9.17, 15) is 13.2 Å². The molecule has 7 nitrogen and oxygen atoms in total. The predicted molar refractivity (Wildman–Crippen MR) is 128 cm³/mol. The Labute approximate surface area is 196 Å². The Balaban J connectivity index is 1.42. The zero-order chi connectivity index (χ0) is 23.1. The summed E-state index contributed by atoms with van der Waals surface area (Å²) in [6.07, 6.45) is 1.20. The highest BCUT2D eigenvalue weighted by Gasteiger charge is 2.36. The molecule has 0 spiro atoms. The van der Waals surface area contributed by atoms with Gasteiger partial charge in [-0.25, -0.2) is 13.4 Å². The van der Waals surface area contributed by atoms with Crippen LogP contribution in [-0.4, -0.2) is 62.2 Å². The SMILES string of the molecule is CC(C)(Oc1ccc(Cl)cc1)C(=O)N1CCN(c2nc3ccc(S(C)(=O)=O)cc3s2)CC1. The maximum Gasteiger partial charge on any atom is 0.266 e. The van der Waals surface area contributed by atoms with Crippen LogP contribution >= 0.6 is 22.9 Å². The number of fused-ring (bicyclic) bond motifs is 1. The van der Waals surface area contributed by atoms with Crippen LogP contribution in [0, 0.1) is 0 Å². The van der Waals surface area contributed by atoms with Crippen molar-refractivity contribution in [1.82, 2.24) is 9.88 Å². The van der Waals surface area contributed by atoms with Crippen LogP contribution in [0.5, 0.6) is 5.75 Å². The lowest BCUT2D eigenvalue weighted by Crippen LogP contribution is -2.55. The van der Waals surface area contributed by atoms with Gasteiger partial charge in [-0.15, -0.1) is 0 Å². The van der Waals surface area contributed by atoms with Gasteiger partial charge in [-0.2, -0.15) is 0 Å². The van der Waals surface area contributed by atoms with E-state index in [4.69, 9.17) is 16.3 Å². The molecule has 4 rings (SSSR count). The van der Waals surface area contributed by atoms with Crippen molar-refractivity contribution in [1.29, 1.82) is 0 Å². The second-order valence-electron chi connectivity index (χ2n) is 8.24. The lowest BCUT2D eigenvalue weighted by Gasteiger charge is -2.38. The van der Waals surface area contributed by atoms with Gasteiger partial charge in [0.25, 0.3) is 5.91 Å². The second-order valence-corrected chi connectivity index (χ2v) is 11.7. The van der Waals surface area contributed by atoms with E-state index in [0.29, 0.717) is 41.8 Å². The highest BCUT2D eigenvalue weighted by Crippen LogP contribution is 2.31. The molecular formula is C22H24ClN3O4S2. The Morgan fingerprint density at radius 3 is 2.38 bits per heavy atom. The molecule has 0 N–H and O–H groups in total. The van der Waals surface area contributed by atoms with E-state index >= 15 is 0 Å². The summed E-state index contributed by atoms with van der Waals surface area (Å²) in [7, 11) is -3.26. The summed E-state index contributed by atoms with van der Waals surface area (Å²) < 4.78 is 30.4. The molecule has 0 radical (unpaired) electrons. The first-order valence-electron chi connectivity index (χ1n) is 10.1. The number of amides is 1. The number of hydrogen-bond acceptors (Lipinski definition) is 7. The third-order valence-corrected chi connectivity index (χ3v) is 7.76. The molecule has 2 heterocycles. The third-order valence-electron chi connectivity index (χ3n) is 5.32. The largest absolute Gasteiger partial charge is 0.478 e. The van der Waals surface area contributed by atoms with E-state index in [-0.39, 0.29) is 5.91 Å². The maximum absolute atomic E-state index is 13.1. The topological polar surface area (TPSA) is 79.8 Å². The Kier molecular flexibility index (Phi) is 6.08. The van der Waals surface area contributed by atoms with Crippen molar-refractivity contribution in [3.63, 3.8) is 0 Å². The molecule has 0 atom stereocenters. The minimum atomic E-state index is -3.26. The molecule has 0 saturated carbocycles. The average Bonchev–Trinajstić information content (AvgIpc) is 3.18. The number of piperazine rings is 1. The van der Waals surface area contributed by atoms with Gasteiger partial charge in [0.2, 0.25) is 0 Å². The van der Waals surface area contributed by atoms with Crippen molar-refractivity contribution in [2.75, 3.05) is 37.3 Å². The number of rotatable bonds is 5. The second kappa shape index (κ2) is 8.53. The lowest BCUT2D eigenvalue weighted by molar-refractivity contribution is -0.145. The van der Waals surface area contributed by atoms with Crippen LogP contribution in [0.4, 0.5) is 5.13 Å². The van der Waals surface area contributed by atoms with Gasteiger partial charge in [0.05, 0.1) is 15.1 Å². The third kappa shape index (κ3) is 4.84. The smallest absolute Gasteiger partial charge is 0.266 e. The van der Waals surface area contributed by atoms with Crippen LogP contribution in [0.3, 0.4) is 0 Å². The molecule has 0 bridgehead atoms. The molecular weight excluding hydrogens is 470 g/mol. The predicted octanol–water partition coefficient (Wildman–Crippen LogP) is 3.86. The molecule has 1 fully saturated rings. The molecule has 0 unspecified atom stereocenters. The van der Waals surface area contributed by atoms with Crippen molar-refractivity contribution in [2.45, 2.75) is 24.3 Å². The summed E-state index contributed by atoms with van der Waals surface area (Å²) in [4.78, 5) is 22.0. The van der Waals surface area contributed by atoms with Crippen LogP contribution < -0.4 is 9.64 Å². The monoisotopic (exact) mass is 493 g/mol. The molecule has 10 heteroatoms. The number of anilines is 1. The van der Waals surface area contributed by atoms with Gasteiger partial charge >= 0.3 is 0 Å². The number of carbonyl (C=O) groups excluding carboxylic acids is 1. The highest BCUT2D eigenvalue weighted by atomic mass is 35.5. The van der Waals surface area contributed by atoms with E-state index in [1.54, 1.807) is 56.3 Å². The lowest BCUT2D eigenvalue weighted by atomic mass is 10.1. The van der Waals surface area contributed by atoms with Gasteiger partial charge in [0, 0.05) is 37.5 Å². The molecule has 1 aromatic heterocycles. The standard InChI is InChI=1S/C22H24ClN3O4S2/c1-22(2,30-16-6-4-15(23)5-7-16)20(27)25-10-12-26(13-11-25)21-24-18-9-8-17(32(3,28)29)14-19(18)31-21/h4-9,14H,10-13H2,1-3H3. The minimum absolute atomic E-state index is 0.0748. The van der Waals surface area contributed by atoms with E-state index in [1.165, 1.54) is 17.6 Å². The number of halogens is 1. The molecule has 1 aliphatic rings. The van der Waals surface area contributed by atoms with Crippen molar-refractivity contribution < 1.29 is 17.9 Å². The zero-order valence-corrected chi connectivity index (χ0v) is 20.4. The number of hydrogen-bond donors (Lipinski definition) is 0. The van der Waals surface area contributed by atoms with Crippen molar-refractivity contribution >= 4 is 54.0 Å². The van der Waals surface area contributed by atoms with E-state index in [0.717, 1.165) is 15.3 Å². The van der Waals surface area contributed by atoms with Gasteiger partial charge in [-0.3, -0.25) is 4.79 Å². The average molecular weight is 494 g/mol. The Morgan fingerprint density at radius 2 is 1.75 bits per heavy atom. The first-order chi connectivity index (χ1) is 15.0. The maximum atomic E-state index is 13.1. The van der Waals surface area contributed by atoms with Crippen LogP contribution in [0.1, 0.15) is 13.8 Å². The zero-order valence-electron chi connectivity index (χ0n) is 18.0. The fourth-order valence-corrected chi connectivity index (χ4v) is 5.49. The number of benzene rings is 2. The molecule has 1 amide bonds. The molecule has 32 heavy (non-hydrogen) atoms.